The molecular formula is C14H30NO2S2+. The number of rotatable bonds is 12. The molecule has 0 saturated carbocycles. The maximum Gasteiger partial charge on any atom is 0.223 e. The van der Waals surface area contributed by atoms with Crippen LogP contribution in [0.1, 0.15) is 57.8 Å². The minimum Gasteiger partial charge on any atom is -0.331 e. The summed E-state index contributed by atoms with van der Waals surface area (Å²) in [6.07, 6.45) is 11.6. The van der Waals surface area contributed by atoms with E-state index in [1.54, 1.807) is 0 Å². The van der Waals surface area contributed by atoms with Crippen LogP contribution in [0.25, 0.3) is 0 Å². The van der Waals surface area contributed by atoms with E-state index in [-0.39, 0.29) is 4.27 Å². The summed E-state index contributed by atoms with van der Waals surface area (Å²) >= 11 is 2.26. The van der Waals surface area contributed by atoms with Crippen LogP contribution in [0.15, 0.2) is 0 Å². The molecule has 114 valence electrons. The van der Waals surface area contributed by atoms with Crippen LogP contribution in [0, 0.1) is 0 Å². The van der Waals surface area contributed by atoms with Crippen molar-refractivity contribution in [3.05, 3.63) is 0 Å². The Labute approximate surface area is 127 Å². The molecule has 1 unspecified atom stereocenters. The first-order valence-corrected chi connectivity index (χ1v) is 8.99. The minimum atomic E-state index is -0.287. The van der Waals surface area contributed by atoms with Gasteiger partial charge in [-0.2, -0.15) is 0 Å². The van der Waals surface area contributed by atoms with Gasteiger partial charge in [-0.3, -0.25) is 4.18 Å². The summed E-state index contributed by atoms with van der Waals surface area (Å²) in [4.78, 5) is 0. The van der Waals surface area contributed by atoms with Crippen molar-refractivity contribution >= 4 is 24.1 Å². The lowest BCUT2D eigenvalue weighted by Crippen LogP contribution is -2.35. The van der Waals surface area contributed by atoms with Crippen molar-refractivity contribution in [2.45, 2.75) is 62.1 Å². The third kappa shape index (κ3) is 9.19. The standard InChI is InChI=1S/C14H29NO2S2/c1-15(2,3)13-11-9-7-5-4-6-8-10-12-14(18-16)17-19-14/h4-13H2,1-3H3/p+1. The molecule has 0 spiro atoms. The second-order valence-electron chi connectivity index (χ2n) is 6.53. The van der Waals surface area contributed by atoms with E-state index in [1.807, 2.05) is 0 Å². The van der Waals surface area contributed by atoms with Crippen molar-refractivity contribution in [3.63, 3.8) is 0 Å². The zero-order valence-corrected chi connectivity index (χ0v) is 14.3. The van der Waals surface area contributed by atoms with Gasteiger partial charge in [0.1, 0.15) is 0 Å². The highest BCUT2D eigenvalue weighted by Crippen LogP contribution is 2.57. The zero-order chi connectivity index (χ0) is 14.2. The Bertz CT molecular complexity index is 240. The van der Waals surface area contributed by atoms with Crippen LogP contribution >= 0.6 is 24.1 Å². The molecule has 0 amide bonds. The molecule has 3 nitrogen and oxygen atoms in total. The summed E-state index contributed by atoms with van der Waals surface area (Å²) in [6.45, 7) is 1.29. The molecule has 1 aliphatic heterocycles. The summed E-state index contributed by atoms with van der Waals surface area (Å²) in [5.41, 5.74) is 0. The van der Waals surface area contributed by atoms with E-state index in [0.717, 1.165) is 22.9 Å². The molecule has 0 aromatic heterocycles. The van der Waals surface area contributed by atoms with Crippen molar-refractivity contribution in [3.8, 4) is 0 Å². The first-order chi connectivity index (χ1) is 8.97. The number of unbranched alkanes of at least 4 members (excludes halogenated alkanes) is 7. The summed E-state index contributed by atoms with van der Waals surface area (Å²) in [5, 5.41) is 0. The van der Waals surface area contributed by atoms with Gasteiger partial charge in [-0.15, -0.1) is 0 Å². The largest absolute Gasteiger partial charge is 0.331 e. The topological polar surface area (TPSA) is 32.8 Å². The fraction of sp³-hybridized carbons (Fsp3) is 1.00. The van der Waals surface area contributed by atoms with Gasteiger partial charge in [-0.25, -0.2) is 0 Å². The third-order valence-corrected chi connectivity index (χ3v) is 5.33. The number of hydrogen-bond donors (Lipinski definition) is 1. The first kappa shape index (κ1) is 17.6. The fourth-order valence-electron chi connectivity index (χ4n) is 2.19. The van der Waals surface area contributed by atoms with Crippen LogP contribution in [-0.4, -0.2) is 41.0 Å². The molecule has 0 bridgehead atoms. The van der Waals surface area contributed by atoms with Crippen LogP contribution in [-0.2, 0) is 4.18 Å². The maximum atomic E-state index is 9.01. The molecule has 0 radical (unpaired) electrons. The highest BCUT2D eigenvalue weighted by atomic mass is 32.2. The highest BCUT2D eigenvalue weighted by molar-refractivity contribution is 8.18. The van der Waals surface area contributed by atoms with E-state index in [2.05, 4.69) is 21.1 Å². The van der Waals surface area contributed by atoms with Crippen LogP contribution < -0.4 is 0 Å². The molecule has 0 aromatic carbocycles. The van der Waals surface area contributed by atoms with E-state index < -0.39 is 0 Å². The van der Waals surface area contributed by atoms with E-state index in [0.29, 0.717) is 0 Å². The Morgan fingerprint density at radius 2 is 1.42 bits per heavy atom. The molecule has 1 fully saturated rings. The molecule has 0 aliphatic carbocycles. The maximum absolute atomic E-state index is 9.01. The first-order valence-electron chi connectivity index (χ1n) is 7.47. The molecule has 1 aliphatic rings. The van der Waals surface area contributed by atoms with Gasteiger partial charge in [-0.1, -0.05) is 32.1 Å². The van der Waals surface area contributed by atoms with Crippen LogP contribution in [0.2, 0.25) is 0 Å². The van der Waals surface area contributed by atoms with Gasteiger partial charge in [0.15, 0.2) is 0 Å². The molecule has 0 aromatic rings. The van der Waals surface area contributed by atoms with Crippen molar-refractivity contribution < 1.29 is 13.2 Å². The van der Waals surface area contributed by atoms with E-state index in [1.165, 1.54) is 70.0 Å². The molecule has 1 rings (SSSR count). The molecular weight excluding hydrogens is 278 g/mol. The Hall–Kier alpha value is 0.580. The predicted molar refractivity (Wildman–Crippen MR) is 86.1 cm³/mol. The average molecular weight is 309 g/mol. The van der Waals surface area contributed by atoms with Gasteiger partial charge in [0.25, 0.3) is 0 Å². The Morgan fingerprint density at radius 1 is 0.947 bits per heavy atom. The smallest absolute Gasteiger partial charge is 0.223 e. The Morgan fingerprint density at radius 3 is 1.84 bits per heavy atom. The number of quaternary nitrogens is 1. The van der Waals surface area contributed by atoms with Gasteiger partial charge < -0.3 is 9.04 Å². The van der Waals surface area contributed by atoms with Crippen molar-refractivity contribution in [1.29, 1.82) is 0 Å². The summed E-state index contributed by atoms with van der Waals surface area (Å²) in [6, 6.07) is 0. The van der Waals surface area contributed by atoms with Gasteiger partial charge in [0.05, 0.1) is 27.7 Å². The third-order valence-electron chi connectivity index (χ3n) is 3.47. The number of nitrogens with zero attached hydrogens (tertiary/aromatic N) is 1. The molecule has 1 heterocycles. The molecule has 1 atom stereocenters. The van der Waals surface area contributed by atoms with Crippen LogP contribution in [0.5, 0.6) is 0 Å². The Kier molecular flexibility index (Phi) is 8.14. The average Bonchev–Trinajstić information content (AvgIpc) is 3.11. The lowest BCUT2D eigenvalue weighted by atomic mass is 10.1. The van der Waals surface area contributed by atoms with E-state index in [9.17, 15) is 0 Å². The van der Waals surface area contributed by atoms with Gasteiger partial charge >= 0.3 is 0 Å². The van der Waals surface area contributed by atoms with Crippen LogP contribution in [0.4, 0.5) is 0 Å². The molecule has 1 saturated heterocycles. The summed E-state index contributed by atoms with van der Waals surface area (Å²) in [7, 11) is 6.79. The van der Waals surface area contributed by atoms with Gasteiger partial charge in [-0.05, 0) is 19.3 Å². The molecule has 19 heavy (non-hydrogen) atoms. The zero-order valence-electron chi connectivity index (χ0n) is 12.7. The normalized spacial score (nSPS) is 22.7. The lowest BCUT2D eigenvalue weighted by molar-refractivity contribution is -0.870. The lowest BCUT2D eigenvalue weighted by Gasteiger charge is -2.23. The van der Waals surface area contributed by atoms with E-state index >= 15 is 0 Å². The van der Waals surface area contributed by atoms with Crippen molar-refractivity contribution in [1.82, 2.24) is 0 Å². The molecule has 5 heteroatoms. The van der Waals surface area contributed by atoms with Gasteiger partial charge in [0.2, 0.25) is 4.27 Å². The predicted octanol–water partition coefficient (Wildman–Crippen LogP) is 4.74. The summed E-state index contributed by atoms with van der Waals surface area (Å²) in [5.74, 6) is 0. The van der Waals surface area contributed by atoms with E-state index in [4.69, 9.17) is 8.74 Å². The van der Waals surface area contributed by atoms with Crippen molar-refractivity contribution in [2.24, 2.45) is 0 Å². The second-order valence-corrected chi connectivity index (χ2v) is 8.63. The fourth-order valence-corrected chi connectivity index (χ4v) is 3.18. The van der Waals surface area contributed by atoms with Gasteiger partial charge in [0, 0.05) is 30.5 Å². The SMILES string of the molecule is C[N+](C)(C)CCCCCCCCCCC1(SO)OS1. The second kappa shape index (κ2) is 8.78. The summed E-state index contributed by atoms with van der Waals surface area (Å²) < 4.78 is 15.0. The molecule has 1 N–H and O–H groups in total. The Balaban J connectivity index is 1.77. The number of hydrogen-bond acceptors (Lipinski definition) is 4. The highest BCUT2D eigenvalue weighted by Gasteiger charge is 2.48. The quantitative estimate of drug-likeness (QED) is 0.244. The minimum absolute atomic E-state index is 0.287. The monoisotopic (exact) mass is 308 g/mol. The van der Waals surface area contributed by atoms with Crippen molar-refractivity contribution in [2.75, 3.05) is 27.7 Å². The van der Waals surface area contributed by atoms with Crippen LogP contribution in [0.3, 0.4) is 0 Å².